The standard InChI is InChI=1S/C22H21F3N6O/c1-12-11-31-19(10-18(30-31)17-5-4-6-27-21(17)32-3)20(28-12)29-13(2)14-7-15(22(23,24)25)9-16(26)8-14/h4-11,13H,26H2,1-3H3,(H,28,29)/t13-/m1/s1. The van der Waals surface area contributed by atoms with Gasteiger partial charge in [0.1, 0.15) is 5.52 Å². The summed E-state index contributed by atoms with van der Waals surface area (Å²) in [6.07, 6.45) is -1.10. The van der Waals surface area contributed by atoms with Crippen LogP contribution >= 0.6 is 0 Å². The van der Waals surface area contributed by atoms with Gasteiger partial charge in [-0.3, -0.25) is 0 Å². The van der Waals surface area contributed by atoms with Gasteiger partial charge in [0, 0.05) is 11.9 Å². The lowest BCUT2D eigenvalue weighted by Gasteiger charge is -2.18. The lowest BCUT2D eigenvalue weighted by atomic mass is 10.0. The molecule has 1 aromatic carbocycles. The summed E-state index contributed by atoms with van der Waals surface area (Å²) in [5.41, 5.74) is 8.04. The number of aromatic nitrogens is 4. The summed E-state index contributed by atoms with van der Waals surface area (Å²) in [5, 5.41) is 7.80. The average molecular weight is 442 g/mol. The highest BCUT2D eigenvalue weighted by molar-refractivity contribution is 5.76. The van der Waals surface area contributed by atoms with Crippen molar-refractivity contribution in [3.8, 4) is 17.1 Å². The Balaban J connectivity index is 1.74. The number of hydrogen-bond donors (Lipinski definition) is 2. The number of benzene rings is 1. The fourth-order valence-corrected chi connectivity index (χ4v) is 3.47. The number of methoxy groups -OCH3 is 1. The zero-order valence-electron chi connectivity index (χ0n) is 17.6. The van der Waals surface area contributed by atoms with E-state index in [0.29, 0.717) is 39.7 Å². The topological polar surface area (TPSA) is 90.4 Å². The third-order valence-corrected chi connectivity index (χ3v) is 4.97. The minimum absolute atomic E-state index is 0.0427. The minimum Gasteiger partial charge on any atom is -0.481 e. The van der Waals surface area contributed by atoms with Crippen molar-refractivity contribution >= 4 is 17.0 Å². The predicted octanol–water partition coefficient (Wildman–Crippen LogP) is 4.88. The van der Waals surface area contributed by atoms with Gasteiger partial charge in [-0.2, -0.15) is 18.3 Å². The lowest BCUT2D eigenvalue weighted by molar-refractivity contribution is -0.137. The summed E-state index contributed by atoms with van der Waals surface area (Å²) in [4.78, 5) is 8.74. The Bertz CT molecular complexity index is 1280. The smallest absolute Gasteiger partial charge is 0.416 e. The lowest BCUT2D eigenvalue weighted by Crippen LogP contribution is -2.13. The van der Waals surface area contributed by atoms with Crippen molar-refractivity contribution in [2.24, 2.45) is 0 Å². The number of anilines is 2. The van der Waals surface area contributed by atoms with Gasteiger partial charge >= 0.3 is 6.18 Å². The zero-order valence-corrected chi connectivity index (χ0v) is 17.6. The van der Waals surface area contributed by atoms with E-state index in [-0.39, 0.29) is 5.69 Å². The number of nitrogens with one attached hydrogen (secondary N) is 1. The molecule has 166 valence electrons. The number of alkyl halides is 3. The van der Waals surface area contributed by atoms with E-state index in [4.69, 9.17) is 10.5 Å². The van der Waals surface area contributed by atoms with Crippen LogP contribution in [0, 0.1) is 6.92 Å². The Morgan fingerprint density at radius 1 is 1.19 bits per heavy atom. The molecule has 0 bridgehead atoms. The second-order valence-corrected chi connectivity index (χ2v) is 7.40. The van der Waals surface area contributed by atoms with Gasteiger partial charge in [-0.25, -0.2) is 14.5 Å². The van der Waals surface area contributed by atoms with Gasteiger partial charge in [0.15, 0.2) is 5.82 Å². The number of rotatable bonds is 5. The van der Waals surface area contributed by atoms with Crippen LogP contribution in [0.3, 0.4) is 0 Å². The van der Waals surface area contributed by atoms with E-state index in [2.05, 4.69) is 20.4 Å². The highest BCUT2D eigenvalue weighted by Gasteiger charge is 2.31. The van der Waals surface area contributed by atoms with Crippen LogP contribution in [-0.2, 0) is 6.18 Å². The van der Waals surface area contributed by atoms with Gasteiger partial charge in [-0.15, -0.1) is 0 Å². The van der Waals surface area contributed by atoms with Crippen LogP contribution in [0.5, 0.6) is 5.88 Å². The normalized spacial score (nSPS) is 12.7. The SMILES string of the molecule is COc1ncccc1-c1cc2c(N[C@H](C)c3cc(N)cc(C(F)(F)F)c3)nc(C)cn2n1. The number of nitrogens with two attached hydrogens (primary N) is 1. The summed E-state index contributed by atoms with van der Waals surface area (Å²) in [5.74, 6) is 0.915. The van der Waals surface area contributed by atoms with Crippen molar-refractivity contribution in [2.45, 2.75) is 26.1 Å². The molecule has 0 saturated heterocycles. The minimum atomic E-state index is -4.48. The summed E-state index contributed by atoms with van der Waals surface area (Å²) < 4.78 is 46.6. The van der Waals surface area contributed by atoms with Crippen molar-refractivity contribution in [1.82, 2.24) is 19.6 Å². The molecule has 0 amide bonds. The largest absolute Gasteiger partial charge is 0.481 e. The number of nitrogens with zero attached hydrogens (tertiary/aromatic N) is 4. The first kappa shape index (κ1) is 21.4. The molecule has 0 aliphatic heterocycles. The summed E-state index contributed by atoms with van der Waals surface area (Å²) in [6.45, 7) is 3.56. The Labute approximate surface area is 182 Å². The Morgan fingerprint density at radius 3 is 2.69 bits per heavy atom. The maximum absolute atomic E-state index is 13.2. The van der Waals surface area contributed by atoms with Crippen LogP contribution in [0.1, 0.15) is 29.8 Å². The van der Waals surface area contributed by atoms with E-state index in [1.807, 2.05) is 19.1 Å². The van der Waals surface area contributed by atoms with Crippen LogP contribution in [0.15, 0.2) is 48.8 Å². The second-order valence-electron chi connectivity index (χ2n) is 7.40. The number of halogens is 3. The van der Waals surface area contributed by atoms with E-state index >= 15 is 0 Å². The van der Waals surface area contributed by atoms with Crippen LogP contribution in [-0.4, -0.2) is 26.7 Å². The van der Waals surface area contributed by atoms with E-state index in [9.17, 15) is 13.2 Å². The molecule has 0 aliphatic rings. The van der Waals surface area contributed by atoms with Crippen molar-refractivity contribution in [1.29, 1.82) is 0 Å². The molecule has 10 heteroatoms. The average Bonchev–Trinajstić information content (AvgIpc) is 3.16. The maximum Gasteiger partial charge on any atom is 0.416 e. The van der Waals surface area contributed by atoms with Crippen LogP contribution in [0.25, 0.3) is 16.8 Å². The van der Waals surface area contributed by atoms with Crippen molar-refractivity contribution in [3.05, 3.63) is 65.6 Å². The highest BCUT2D eigenvalue weighted by atomic mass is 19.4. The van der Waals surface area contributed by atoms with E-state index in [1.54, 1.807) is 29.9 Å². The number of nitrogen functional groups attached to an aromatic ring is 1. The van der Waals surface area contributed by atoms with Crippen LogP contribution in [0.4, 0.5) is 24.7 Å². The second kappa shape index (κ2) is 8.03. The van der Waals surface area contributed by atoms with Gasteiger partial charge in [0.05, 0.1) is 41.9 Å². The molecule has 4 rings (SSSR count). The Morgan fingerprint density at radius 2 is 1.97 bits per heavy atom. The molecule has 0 spiro atoms. The molecule has 0 radical (unpaired) electrons. The molecule has 3 N–H and O–H groups in total. The van der Waals surface area contributed by atoms with Crippen molar-refractivity contribution in [3.63, 3.8) is 0 Å². The molecule has 0 unspecified atom stereocenters. The van der Waals surface area contributed by atoms with Gasteiger partial charge in [-0.1, -0.05) is 0 Å². The number of ether oxygens (including phenoxy) is 1. The first-order valence-electron chi connectivity index (χ1n) is 9.76. The number of hydrogen-bond acceptors (Lipinski definition) is 6. The Kier molecular flexibility index (Phi) is 5.37. The third-order valence-electron chi connectivity index (χ3n) is 4.97. The molecule has 4 aromatic rings. The van der Waals surface area contributed by atoms with E-state index in [0.717, 1.165) is 12.1 Å². The first-order chi connectivity index (χ1) is 15.2. The number of aryl methyl sites for hydroxylation is 1. The Hall–Kier alpha value is -3.82. The van der Waals surface area contributed by atoms with E-state index < -0.39 is 17.8 Å². The molecule has 0 saturated carbocycles. The fourth-order valence-electron chi connectivity index (χ4n) is 3.47. The fraction of sp³-hybridized carbons (Fsp3) is 0.227. The van der Waals surface area contributed by atoms with Gasteiger partial charge in [-0.05, 0) is 55.8 Å². The molecule has 1 atom stereocenters. The number of fused-ring (bicyclic) bond motifs is 1. The molecule has 0 fully saturated rings. The van der Waals surface area contributed by atoms with Gasteiger partial charge in [0.2, 0.25) is 5.88 Å². The van der Waals surface area contributed by atoms with Gasteiger partial charge < -0.3 is 15.8 Å². The van der Waals surface area contributed by atoms with E-state index in [1.165, 1.54) is 13.2 Å². The van der Waals surface area contributed by atoms with Crippen LogP contribution in [0.2, 0.25) is 0 Å². The monoisotopic (exact) mass is 442 g/mol. The molecule has 32 heavy (non-hydrogen) atoms. The summed E-state index contributed by atoms with van der Waals surface area (Å²) in [6, 6.07) is 8.47. The highest BCUT2D eigenvalue weighted by Crippen LogP contribution is 2.34. The van der Waals surface area contributed by atoms with Crippen molar-refractivity contribution in [2.75, 3.05) is 18.2 Å². The molecular weight excluding hydrogens is 421 g/mol. The van der Waals surface area contributed by atoms with Crippen LogP contribution < -0.4 is 15.8 Å². The molecule has 3 aromatic heterocycles. The van der Waals surface area contributed by atoms with Gasteiger partial charge in [0.25, 0.3) is 0 Å². The molecule has 3 heterocycles. The zero-order chi connectivity index (χ0) is 23.0. The summed E-state index contributed by atoms with van der Waals surface area (Å²) >= 11 is 0. The molecular formula is C22H21F3N6O. The summed E-state index contributed by atoms with van der Waals surface area (Å²) in [7, 11) is 1.53. The molecule has 0 aliphatic carbocycles. The third kappa shape index (κ3) is 4.16. The quantitative estimate of drug-likeness (QED) is 0.428. The predicted molar refractivity (Wildman–Crippen MR) is 115 cm³/mol. The number of pyridine rings is 1. The molecule has 7 nitrogen and oxygen atoms in total. The maximum atomic E-state index is 13.2. The van der Waals surface area contributed by atoms with Crippen molar-refractivity contribution < 1.29 is 17.9 Å². The first-order valence-corrected chi connectivity index (χ1v) is 9.76.